The number of aliphatic hydroxyl groups is 1. The Hall–Kier alpha value is -1.53. The van der Waals surface area contributed by atoms with Crippen LogP contribution < -0.4 is 5.32 Å². The molecule has 0 aliphatic heterocycles. The molecule has 2 N–H and O–H groups in total. The molecule has 0 bridgehead atoms. The Balaban J connectivity index is 2.89. The average Bonchev–Trinajstić information content (AvgIpc) is 2.26. The molecule has 1 aromatic carbocycles. The maximum Gasteiger partial charge on any atom is 0.305 e. The lowest BCUT2D eigenvalue weighted by atomic mass is 10.1. The zero-order chi connectivity index (χ0) is 12.1. The van der Waals surface area contributed by atoms with Crippen LogP contribution in [-0.2, 0) is 0 Å². The summed E-state index contributed by atoms with van der Waals surface area (Å²) in [4.78, 5) is 9.67. The monoisotopic (exact) mass is 228 g/mol. The summed E-state index contributed by atoms with van der Waals surface area (Å²) in [5, 5.41) is 23.0. The first-order valence-corrected chi connectivity index (χ1v) is 4.89. The molecule has 1 rings (SSSR count). The molecule has 0 saturated heterocycles. The van der Waals surface area contributed by atoms with Gasteiger partial charge in [-0.1, -0.05) is 13.0 Å². The van der Waals surface area contributed by atoms with Crippen molar-refractivity contribution in [3.05, 3.63) is 39.7 Å². The highest BCUT2D eigenvalue weighted by atomic mass is 19.1. The highest BCUT2D eigenvalue weighted by Gasteiger charge is 2.17. The Morgan fingerprint density at radius 1 is 1.62 bits per heavy atom. The predicted molar refractivity (Wildman–Crippen MR) is 56.6 cm³/mol. The third-order valence-corrected chi connectivity index (χ3v) is 2.14. The SMILES string of the molecule is CCNCC(O)c1ccc(F)c([N+](=O)[O-])c1. The van der Waals surface area contributed by atoms with Crippen LogP contribution in [0, 0.1) is 15.9 Å². The molecule has 0 aromatic heterocycles. The number of nitrogens with zero attached hydrogens (tertiary/aromatic N) is 1. The second-order valence-electron chi connectivity index (χ2n) is 3.29. The van der Waals surface area contributed by atoms with Crippen molar-refractivity contribution in [2.24, 2.45) is 0 Å². The van der Waals surface area contributed by atoms with E-state index in [-0.39, 0.29) is 6.54 Å². The molecule has 0 aliphatic carbocycles. The number of rotatable bonds is 5. The van der Waals surface area contributed by atoms with E-state index in [0.717, 1.165) is 12.1 Å². The maximum absolute atomic E-state index is 13.0. The van der Waals surface area contributed by atoms with E-state index in [1.54, 1.807) is 0 Å². The molecule has 16 heavy (non-hydrogen) atoms. The van der Waals surface area contributed by atoms with Gasteiger partial charge in [0.15, 0.2) is 0 Å². The molecule has 1 atom stereocenters. The molecular weight excluding hydrogens is 215 g/mol. The first kappa shape index (κ1) is 12.5. The Morgan fingerprint density at radius 2 is 2.31 bits per heavy atom. The van der Waals surface area contributed by atoms with Crippen LogP contribution in [0.25, 0.3) is 0 Å². The summed E-state index contributed by atoms with van der Waals surface area (Å²) in [5.74, 6) is -0.899. The molecule has 6 heteroatoms. The van der Waals surface area contributed by atoms with Gasteiger partial charge in [-0.2, -0.15) is 4.39 Å². The second-order valence-corrected chi connectivity index (χ2v) is 3.29. The molecule has 0 heterocycles. The Kier molecular flexibility index (Phi) is 4.33. The van der Waals surface area contributed by atoms with Crippen molar-refractivity contribution in [1.29, 1.82) is 0 Å². The van der Waals surface area contributed by atoms with Crippen LogP contribution in [0.5, 0.6) is 0 Å². The first-order valence-electron chi connectivity index (χ1n) is 4.89. The van der Waals surface area contributed by atoms with Gasteiger partial charge in [-0.15, -0.1) is 0 Å². The van der Waals surface area contributed by atoms with Crippen molar-refractivity contribution in [1.82, 2.24) is 5.32 Å². The summed E-state index contributed by atoms with van der Waals surface area (Å²) in [7, 11) is 0. The second kappa shape index (κ2) is 5.53. The lowest BCUT2D eigenvalue weighted by Gasteiger charge is -2.10. The van der Waals surface area contributed by atoms with Crippen molar-refractivity contribution < 1.29 is 14.4 Å². The van der Waals surface area contributed by atoms with Gasteiger partial charge < -0.3 is 10.4 Å². The molecule has 88 valence electrons. The molecule has 0 fully saturated rings. The number of likely N-dealkylation sites (N-methyl/N-ethyl adjacent to an activating group) is 1. The van der Waals surface area contributed by atoms with Gasteiger partial charge in [-0.3, -0.25) is 10.1 Å². The molecule has 0 amide bonds. The first-order chi connectivity index (χ1) is 7.56. The van der Waals surface area contributed by atoms with Crippen LogP contribution in [0.2, 0.25) is 0 Å². The molecule has 0 spiro atoms. The van der Waals surface area contributed by atoms with Crippen LogP contribution >= 0.6 is 0 Å². The van der Waals surface area contributed by atoms with Gasteiger partial charge in [0.2, 0.25) is 5.82 Å². The summed E-state index contributed by atoms with van der Waals surface area (Å²) >= 11 is 0. The third-order valence-electron chi connectivity index (χ3n) is 2.14. The molecular formula is C10H13FN2O3. The lowest BCUT2D eigenvalue weighted by molar-refractivity contribution is -0.387. The summed E-state index contributed by atoms with van der Waals surface area (Å²) in [6.45, 7) is 2.83. The van der Waals surface area contributed by atoms with Crippen molar-refractivity contribution in [2.45, 2.75) is 13.0 Å². The minimum atomic E-state index is -0.899. The standard InChI is InChI=1S/C10H13FN2O3/c1-2-12-6-10(14)7-3-4-8(11)9(5-7)13(15)16/h3-5,10,12,14H,2,6H2,1H3. The van der Waals surface area contributed by atoms with E-state index in [1.807, 2.05) is 6.92 Å². The van der Waals surface area contributed by atoms with E-state index < -0.39 is 22.5 Å². The highest BCUT2D eigenvalue weighted by Crippen LogP contribution is 2.22. The van der Waals surface area contributed by atoms with E-state index in [0.29, 0.717) is 12.1 Å². The van der Waals surface area contributed by atoms with Gasteiger partial charge in [0, 0.05) is 12.6 Å². The van der Waals surface area contributed by atoms with Gasteiger partial charge in [0.25, 0.3) is 0 Å². The van der Waals surface area contributed by atoms with Gasteiger partial charge in [-0.05, 0) is 18.2 Å². The minimum Gasteiger partial charge on any atom is -0.387 e. The van der Waals surface area contributed by atoms with Crippen LogP contribution in [0.15, 0.2) is 18.2 Å². The predicted octanol–water partition coefficient (Wildman–Crippen LogP) is 1.38. The van der Waals surface area contributed by atoms with Crippen molar-refractivity contribution in [3.63, 3.8) is 0 Å². The van der Waals surface area contributed by atoms with E-state index in [2.05, 4.69) is 5.32 Å². The molecule has 0 aliphatic rings. The smallest absolute Gasteiger partial charge is 0.305 e. The fourth-order valence-electron chi connectivity index (χ4n) is 1.28. The van der Waals surface area contributed by atoms with E-state index >= 15 is 0 Å². The van der Waals surface area contributed by atoms with Gasteiger partial charge in [0.05, 0.1) is 11.0 Å². The molecule has 0 radical (unpaired) electrons. The summed E-state index contributed by atoms with van der Waals surface area (Å²) in [6.07, 6.45) is -0.876. The number of aliphatic hydroxyl groups excluding tert-OH is 1. The van der Waals surface area contributed by atoms with E-state index in [9.17, 15) is 19.6 Å². The minimum absolute atomic E-state index is 0.277. The van der Waals surface area contributed by atoms with E-state index in [4.69, 9.17) is 0 Å². The Bertz CT molecular complexity index is 384. The fourth-order valence-corrected chi connectivity index (χ4v) is 1.28. The zero-order valence-corrected chi connectivity index (χ0v) is 8.81. The van der Waals surface area contributed by atoms with Crippen LogP contribution in [0.4, 0.5) is 10.1 Å². The summed E-state index contributed by atoms with van der Waals surface area (Å²) in [5.41, 5.74) is -0.290. The fraction of sp³-hybridized carbons (Fsp3) is 0.400. The van der Waals surface area contributed by atoms with Crippen LogP contribution in [0.1, 0.15) is 18.6 Å². The number of nitro benzene ring substituents is 1. The Morgan fingerprint density at radius 3 is 2.88 bits per heavy atom. The lowest BCUT2D eigenvalue weighted by Crippen LogP contribution is -2.20. The molecule has 5 nitrogen and oxygen atoms in total. The average molecular weight is 228 g/mol. The maximum atomic E-state index is 13.0. The Labute approximate surface area is 92.1 Å². The number of hydrogen-bond donors (Lipinski definition) is 2. The van der Waals surface area contributed by atoms with Crippen molar-refractivity contribution >= 4 is 5.69 Å². The van der Waals surface area contributed by atoms with Gasteiger partial charge >= 0.3 is 5.69 Å². The largest absolute Gasteiger partial charge is 0.387 e. The summed E-state index contributed by atoms with van der Waals surface area (Å²) in [6, 6.07) is 3.38. The number of nitro groups is 1. The molecule has 1 unspecified atom stereocenters. The van der Waals surface area contributed by atoms with E-state index in [1.165, 1.54) is 6.07 Å². The third kappa shape index (κ3) is 2.98. The number of benzene rings is 1. The highest BCUT2D eigenvalue weighted by molar-refractivity contribution is 5.37. The number of halogens is 1. The quantitative estimate of drug-likeness (QED) is 0.589. The van der Waals surface area contributed by atoms with Gasteiger partial charge in [-0.25, -0.2) is 0 Å². The van der Waals surface area contributed by atoms with Crippen molar-refractivity contribution in [3.8, 4) is 0 Å². The normalized spacial score (nSPS) is 12.4. The molecule has 0 saturated carbocycles. The summed E-state index contributed by atoms with van der Waals surface area (Å²) < 4.78 is 13.0. The van der Waals surface area contributed by atoms with Crippen molar-refractivity contribution in [2.75, 3.05) is 13.1 Å². The number of hydrogen-bond acceptors (Lipinski definition) is 4. The van der Waals surface area contributed by atoms with Crippen LogP contribution in [-0.4, -0.2) is 23.1 Å². The molecule has 1 aromatic rings. The van der Waals surface area contributed by atoms with Crippen LogP contribution in [0.3, 0.4) is 0 Å². The number of nitrogens with one attached hydrogen (secondary N) is 1. The zero-order valence-electron chi connectivity index (χ0n) is 8.81. The topological polar surface area (TPSA) is 75.4 Å². The van der Waals surface area contributed by atoms with Gasteiger partial charge in [0.1, 0.15) is 0 Å².